The van der Waals surface area contributed by atoms with E-state index in [9.17, 15) is 14.7 Å². The van der Waals surface area contributed by atoms with Crippen LogP contribution in [0.3, 0.4) is 0 Å². The van der Waals surface area contributed by atoms with Crippen molar-refractivity contribution < 1.29 is 28.9 Å². The fourth-order valence-corrected chi connectivity index (χ4v) is 2.25. The molecule has 0 heterocycles. The summed E-state index contributed by atoms with van der Waals surface area (Å²) < 4.78 is 15.4. The zero-order chi connectivity index (χ0) is 19.4. The van der Waals surface area contributed by atoms with Crippen molar-refractivity contribution in [3.05, 3.63) is 35.4 Å². The Labute approximate surface area is 152 Å². The Bertz CT molecular complexity index is 611. The number of ether oxygens (including phenoxy) is 3. The van der Waals surface area contributed by atoms with Gasteiger partial charge in [-0.2, -0.15) is 5.26 Å². The molecule has 0 unspecified atom stereocenters. The highest BCUT2D eigenvalue weighted by atomic mass is 16.7. The molecule has 0 saturated carbocycles. The molecular formula is C18H24N2O6. The monoisotopic (exact) mass is 364 g/mol. The topological polar surface area (TPSA) is 118 Å². The second kappa shape index (κ2) is 12.0. The van der Waals surface area contributed by atoms with E-state index in [1.54, 1.807) is 12.1 Å². The Balaban J connectivity index is 2.76. The number of carboxylic acid groups (broad SMARTS) is 1. The van der Waals surface area contributed by atoms with Crippen LogP contribution >= 0.6 is 0 Å². The number of nitrogens with one attached hydrogen (secondary N) is 1. The van der Waals surface area contributed by atoms with Gasteiger partial charge < -0.3 is 24.6 Å². The summed E-state index contributed by atoms with van der Waals surface area (Å²) >= 11 is 0. The van der Waals surface area contributed by atoms with Crippen LogP contribution in [0.1, 0.15) is 29.3 Å². The van der Waals surface area contributed by atoms with Crippen LogP contribution in [0.4, 0.5) is 0 Å². The summed E-state index contributed by atoms with van der Waals surface area (Å²) in [5.41, 5.74) is 0.821. The third-order valence-electron chi connectivity index (χ3n) is 3.59. The number of hydrogen-bond donors (Lipinski definition) is 2. The minimum Gasteiger partial charge on any atom is -0.481 e. The summed E-state index contributed by atoms with van der Waals surface area (Å²) in [5.74, 6) is -2.16. The quantitative estimate of drug-likeness (QED) is 0.425. The van der Waals surface area contributed by atoms with Gasteiger partial charge in [0.15, 0.2) is 0 Å². The number of hydrogen-bond acceptors (Lipinski definition) is 6. The minimum absolute atomic E-state index is 0.0318. The Kier molecular flexibility index (Phi) is 9.94. The molecule has 2 atom stereocenters. The first kappa shape index (κ1) is 21.6. The molecule has 26 heavy (non-hydrogen) atoms. The third-order valence-corrected chi connectivity index (χ3v) is 3.59. The number of amides is 1. The van der Waals surface area contributed by atoms with Crippen LogP contribution in [-0.4, -0.2) is 56.7 Å². The summed E-state index contributed by atoms with van der Waals surface area (Å²) in [6.07, 6.45) is 0.150. The molecular weight excluding hydrogens is 340 g/mol. The number of carbonyl (C=O) groups is 2. The standard InChI is InChI=1S/C18H24N2O6/c1-3-25-12-26-11-16(8-15(10-24-2)18(22)23)20-17(21)14-6-4-13(9-19)5-7-14/h4-7,15-16H,3,8,10-12H2,1-2H3,(H,20,21)(H,22,23)/t15-,16+/m1/s1. The molecule has 0 aromatic heterocycles. The first-order valence-corrected chi connectivity index (χ1v) is 8.20. The lowest BCUT2D eigenvalue weighted by Gasteiger charge is -2.22. The molecule has 1 amide bonds. The maximum absolute atomic E-state index is 12.4. The second-order valence-electron chi connectivity index (χ2n) is 5.57. The smallest absolute Gasteiger partial charge is 0.308 e. The van der Waals surface area contributed by atoms with Gasteiger partial charge in [-0.15, -0.1) is 0 Å². The summed E-state index contributed by atoms with van der Waals surface area (Å²) in [6, 6.07) is 7.61. The first-order chi connectivity index (χ1) is 12.5. The largest absolute Gasteiger partial charge is 0.481 e. The lowest BCUT2D eigenvalue weighted by molar-refractivity contribution is -0.144. The molecule has 0 bridgehead atoms. The van der Waals surface area contributed by atoms with Crippen molar-refractivity contribution in [1.29, 1.82) is 5.26 Å². The Morgan fingerprint density at radius 3 is 2.46 bits per heavy atom. The van der Waals surface area contributed by atoms with Gasteiger partial charge in [0.1, 0.15) is 6.79 Å². The molecule has 1 rings (SSSR count). The van der Waals surface area contributed by atoms with Gasteiger partial charge >= 0.3 is 5.97 Å². The van der Waals surface area contributed by atoms with Crippen molar-refractivity contribution in [1.82, 2.24) is 5.32 Å². The number of carboxylic acids is 1. The van der Waals surface area contributed by atoms with Crippen molar-refractivity contribution >= 4 is 11.9 Å². The molecule has 1 aromatic carbocycles. The van der Waals surface area contributed by atoms with Crippen LogP contribution in [-0.2, 0) is 19.0 Å². The van der Waals surface area contributed by atoms with Gasteiger partial charge in [0.25, 0.3) is 5.91 Å². The highest BCUT2D eigenvalue weighted by molar-refractivity contribution is 5.94. The predicted octanol–water partition coefficient (Wildman–Crippen LogP) is 1.40. The Hall–Kier alpha value is -2.47. The number of methoxy groups -OCH3 is 1. The Morgan fingerprint density at radius 2 is 1.92 bits per heavy atom. The van der Waals surface area contributed by atoms with E-state index < -0.39 is 17.9 Å². The molecule has 0 radical (unpaired) electrons. The molecule has 0 spiro atoms. The van der Waals surface area contributed by atoms with E-state index >= 15 is 0 Å². The molecule has 2 N–H and O–H groups in total. The van der Waals surface area contributed by atoms with Crippen LogP contribution in [0, 0.1) is 17.2 Å². The van der Waals surface area contributed by atoms with Gasteiger partial charge in [-0.25, -0.2) is 0 Å². The maximum Gasteiger partial charge on any atom is 0.308 e. The maximum atomic E-state index is 12.4. The van der Waals surface area contributed by atoms with E-state index in [0.29, 0.717) is 17.7 Å². The molecule has 0 fully saturated rings. The Morgan fingerprint density at radius 1 is 1.23 bits per heavy atom. The molecule has 8 heteroatoms. The van der Waals surface area contributed by atoms with Crippen molar-refractivity contribution in [3.8, 4) is 6.07 Å². The highest BCUT2D eigenvalue weighted by Gasteiger charge is 2.24. The summed E-state index contributed by atoms with van der Waals surface area (Å²) in [5, 5.41) is 20.9. The highest BCUT2D eigenvalue weighted by Crippen LogP contribution is 2.11. The van der Waals surface area contributed by atoms with Gasteiger partial charge in [0.2, 0.25) is 0 Å². The van der Waals surface area contributed by atoms with Crippen LogP contribution in [0.5, 0.6) is 0 Å². The summed E-state index contributed by atoms with van der Waals surface area (Å²) in [7, 11) is 1.42. The molecule has 0 aliphatic carbocycles. The zero-order valence-electron chi connectivity index (χ0n) is 14.9. The van der Waals surface area contributed by atoms with Crippen LogP contribution in [0.15, 0.2) is 24.3 Å². The number of nitriles is 1. The van der Waals surface area contributed by atoms with E-state index in [0.717, 1.165) is 0 Å². The molecule has 0 aliphatic rings. The lowest BCUT2D eigenvalue weighted by atomic mass is 10.0. The molecule has 0 aliphatic heterocycles. The number of aliphatic carboxylic acids is 1. The van der Waals surface area contributed by atoms with Crippen molar-refractivity contribution in [3.63, 3.8) is 0 Å². The van der Waals surface area contributed by atoms with E-state index in [2.05, 4.69) is 5.32 Å². The van der Waals surface area contributed by atoms with Gasteiger partial charge in [-0.3, -0.25) is 9.59 Å². The van der Waals surface area contributed by atoms with E-state index in [-0.39, 0.29) is 32.3 Å². The fraction of sp³-hybridized carbons (Fsp3) is 0.500. The molecule has 1 aromatic rings. The van der Waals surface area contributed by atoms with Gasteiger partial charge in [0, 0.05) is 19.3 Å². The molecule has 8 nitrogen and oxygen atoms in total. The van der Waals surface area contributed by atoms with Crippen LogP contribution in [0.25, 0.3) is 0 Å². The predicted molar refractivity (Wildman–Crippen MR) is 92.5 cm³/mol. The minimum atomic E-state index is -1.01. The molecule has 142 valence electrons. The molecule has 0 saturated heterocycles. The van der Waals surface area contributed by atoms with Gasteiger partial charge in [-0.1, -0.05) is 0 Å². The van der Waals surface area contributed by atoms with E-state index in [1.165, 1.54) is 19.2 Å². The van der Waals surface area contributed by atoms with Crippen molar-refractivity contribution in [2.45, 2.75) is 19.4 Å². The number of nitrogens with zero attached hydrogens (tertiary/aromatic N) is 1. The normalized spacial score (nSPS) is 12.8. The second-order valence-corrected chi connectivity index (χ2v) is 5.57. The third kappa shape index (κ3) is 7.61. The average molecular weight is 364 g/mol. The number of rotatable bonds is 12. The van der Waals surface area contributed by atoms with Crippen molar-refractivity contribution in [2.24, 2.45) is 5.92 Å². The van der Waals surface area contributed by atoms with Crippen LogP contribution in [0.2, 0.25) is 0 Å². The van der Waals surface area contributed by atoms with Crippen molar-refractivity contribution in [2.75, 3.05) is 33.7 Å². The van der Waals surface area contributed by atoms with E-state index in [1.807, 2.05) is 13.0 Å². The lowest BCUT2D eigenvalue weighted by Crippen LogP contribution is -2.41. The first-order valence-electron chi connectivity index (χ1n) is 8.20. The summed E-state index contributed by atoms with van der Waals surface area (Å²) in [6.45, 7) is 2.51. The van der Waals surface area contributed by atoms with Gasteiger partial charge in [-0.05, 0) is 37.6 Å². The SMILES string of the molecule is CCOCOC[C@H](C[C@H](COC)C(=O)O)NC(=O)c1ccc(C#N)cc1. The van der Waals surface area contributed by atoms with Crippen LogP contribution < -0.4 is 5.32 Å². The fourth-order valence-electron chi connectivity index (χ4n) is 2.25. The van der Waals surface area contributed by atoms with E-state index in [4.69, 9.17) is 19.5 Å². The number of carbonyl (C=O) groups excluding carboxylic acids is 1. The zero-order valence-corrected chi connectivity index (χ0v) is 14.9. The van der Waals surface area contributed by atoms with Gasteiger partial charge in [0.05, 0.1) is 36.8 Å². The summed E-state index contributed by atoms with van der Waals surface area (Å²) in [4.78, 5) is 23.7. The average Bonchev–Trinajstić information content (AvgIpc) is 2.64. The number of benzene rings is 1.